The molecule has 2 atom stereocenters. The molecule has 0 radical (unpaired) electrons. The Labute approximate surface area is 128 Å². The van der Waals surface area contributed by atoms with Gasteiger partial charge in [0.15, 0.2) is 0 Å². The third kappa shape index (κ3) is 6.04. The molecule has 1 aliphatic heterocycles. The van der Waals surface area contributed by atoms with Crippen LogP contribution in [0.25, 0.3) is 0 Å². The van der Waals surface area contributed by atoms with Gasteiger partial charge in [0, 0.05) is 26.1 Å². The average molecular weight is 298 g/mol. The highest BCUT2D eigenvalue weighted by Gasteiger charge is 2.32. The van der Waals surface area contributed by atoms with E-state index >= 15 is 0 Å². The molecule has 0 aliphatic carbocycles. The molecule has 0 bridgehead atoms. The first-order valence-corrected chi connectivity index (χ1v) is 8.11. The van der Waals surface area contributed by atoms with E-state index in [1.807, 2.05) is 13.8 Å². The Balaban J connectivity index is 2.48. The second-order valence-corrected chi connectivity index (χ2v) is 6.30. The number of hydrogen-bond acceptors (Lipinski definition) is 3. The van der Waals surface area contributed by atoms with Crippen molar-refractivity contribution in [3.63, 3.8) is 0 Å². The zero-order valence-corrected chi connectivity index (χ0v) is 13.9. The highest BCUT2D eigenvalue weighted by Crippen LogP contribution is 2.14. The zero-order chi connectivity index (χ0) is 15.8. The fraction of sp³-hybridized carbons (Fsp3) is 0.875. The largest absolute Gasteiger partial charge is 0.380 e. The van der Waals surface area contributed by atoms with E-state index in [1.165, 1.54) is 0 Å². The Morgan fingerprint density at radius 1 is 1.29 bits per heavy atom. The van der Waals surface area contributed by atoms with E-state index in [9.17, 15) is 9.59 Å². The molecule has 2 amide bonds. The summed E-state index contributed by atoms with van der Waals surface area (Å²) < 4.78 is 5.59. The van der Waals surface area contributed by atoms with Gasteiger partial charge in [-0.05, 0) is 18.3 Å². The third-order valence-corrected chi connectivity index (χ3v) is 4.06. The number of nitrogens with one attached hydrogen (secondary N) is 1. The van der Waals surface area contributed by atoms with Gasteiger partial charge in [-0.3, -0.25) is 9.59 Å². The van der Waals surface area contributed by atoms with Crippen LogP contribution in [0.15, 0.2) is 0 Å². The molecule has 21 heavy (non-hydrogen) atoms. The van der Waals surface area contributed by atoms with Gasteiger partial charge >= 0.3 is 0 Å². The Morgan fingerprint density at radius 2 is 2.00 bits per heavy atom. The minimum atomic E-state index is -0.388. The average Bonchev–Trinajstić information content (AvgIpc) is 2.58. The topological polar surface area (TPSA) is 58.6 Å². The standard InChI is InChI=1S/C16H30N2O3/c1-5-13(4)15-16(20)18(8-6-14(19)17-15)9-11-21-10-7-12(2)3/h12-13,15H,5-11H2,1-4H3,(H,17,19). The van der Waals surface area contributed by atoms with Crippen molar-refractivity contribution in [2.24, 2.45) is 11.8 Å². The molecular formula is C16H30N2O3. The molecule has 1 heterocycles. The summed E-state index contributed by atoms with van der Waals surface area (Å²) in [7, 11) is 0. The Hall–Kier alpha value is -1.10. The maximum Gasteiger partial charge on any atom is 0.245 e. The molecule has 1 aliphatic rings. The van der Waals surface area contributed by atoms with E-state index in [0.29, 0.717) is 32.0 Å². The first-order chi connectivity index (χ1) is 9.95. The van der Waals surface area contributed by atoms with Crippen molar-refractivity contribution in [3.05, 3.63) is 0 Å². The maximum atomic E-state index is 12.5. The maximum absolute atomic E-state index is 12.5. The molecule has 1 saturated heterocycles. The Bertz CT molecular complexity index is 344. The summed E-state index contributed by atoms with van der Waals surface area (Å²) in [4.78, 5) is 26.0. The van der Waals surface area contributed by atoms with Crippen LogP contribution in [0.4, 0.5) is 0 Å². The molecule has 1 fully saturated rings. The van der Waals surface area contributed by atoms with Crippen LogP contribution in [-0.4, -0.2) is 49.1 Å². The minimum Gasteiger partial charge on any atom is -0.380 e. The fourth-order valence-corrected chi connectivity index (χ4v) is 2.29. The van der Waals surface area contributed by atoms with Gasteiger partial charge in [-0.1, -0.05) is 34.1 Å². The lowest BCUT2D eigenvalue weighted by Gasteiger charge is -2.27. The van der Waals surface area contributed by atoms with Crippen LogP contribution in [0.2, 0.25) is 0 Å². The smallest absolute Gasteiger partial charge is 0.245 e. The van der Waals surface area contributed by atoms with Crippen molar-refractivity contribution in [3.8, 4) is 0 Å². The van der Waals surface area contributed by atoms with Crippen LogP contribution in [-0.2, 0) is 14.3 Å². The second-order valence-electron chi connectivity index (χ2n) is 6.30. The summed E-state index contributed by atoms with van der Waals surface area (Å²) in [5.41, 5.74) is 0. The number of carbonyl (C=O) groups is 2. The van der Waals surface area contributed by atoms with Crippen molar-refractivity contribution < 1.29 is 14.3 Å². The van der Waals surface area contributed by atoms with Crippen LogP contribution >= 0.6 is 0 Å². The van der Waals surface area contributed by atoms with Crippen LogP contribution in [0, 0.1) is 11.8 Å². The zero-order valence-electron chi connectivity index (χ0n) is 13.9. The van der Waals surface area contributed by atoms with Crippen molar-refractivity contribution in [1.29, 1.82) is 0 Å². The Morgan fingerprint density at radius 3 is 2.62 bits per heavy atom. The summed E-state index contributed by atoms with van der Waals surface area (Å²) in [6.45, 7) is 10.7. The van der Waals surface area contributed by atoms with E-state index in [4.69, 9.17) is 4.74 Å². The summed E-state index contributed by atoms with van der Waals surface area (Å²) in [6, 6.07) is -0.388. The van der Waals surface area contributed by atoms with Crippen molar-refractivity contribution >= 4 is 11.8 Å². The van der Waals surface area contributed by atoms with Gasteiger partial charge in [0.25, 0.3) is 0 Å². The molecule has 0 spiro atoms. The quantitative estimate of drug-likeness (QED) is 0.695. The number of carbonyl (C=O) groups excluding carboxylic acids is 2. The van der Waals surface area contributed by atoms with Gasteiger partial charge in [-0.15, -0.1) is 0 Å². The van der Waals surface area contributed by atoms with Crippen molar-refractivity contribution in [2.75, 3.05) is 26.3 Å². The van der Waals surface area contributed by atoms with Crippen LogP contribution in [0.3, 0.4) is 0 Å². The molecule has 0 aromatic rings. The van der Waals surface area contributed by atoms with Crippen molar-refractivity contribution in [2.45, 2.75) is 53.0 Å². The fourth-order valence-electron chi connectivity index (χ4n) is 2.29. The van der Waals surface area contributed by atoms with E-state index in [0.717, 1.165) is 19.4 Å². The van der Waals surface area contributed by atoms with Gasteiger partial charge < -0.3 is 15.0 Å². The minimum absolute atomic E-state index is 0.0302. The highest BCUT2D eigenvalue weighted by atomic mass is 16.5. The molecule has 0 saturated carbocycles. The second kappa shape index (κ2) is 9.03. The SMILES string of the molecule is CCC(C)C1NC(=O)CCN(CCOCCC(C)C)C1=O. The predicted molar refractivity (Wildman–Crippen MR) is 82.9 cm³/mol. The van der Waals surface area contributed by atoms with Crippen LogP contribution in [0.5, 0.6) is 0 Å². The molecule has 2 unspecified atom stereocenters. The monoisotopic (exact) mass is 298 g/mol. The third-order valence-electron chi connectivity index (χ3n) is 4.06. The number of nitrogens with zero attached hydrogens (tertiary/aromatic N) is 1. The highest BCUT2D eigenvalue weighted by molar-refractivity contribution is 5.90. The molecule has 0 aromatic heterocycles. The lowest BCUT2D eigenvalue weighted by Crippen LogP contribution is -2.48. The molecule has 0 aromatic carbocycles. The van der Waals surface area contributed by atoms with Gasteiger partial charge in [-0.25, -0.2) is 0 Å². The van der Waals surface area contributed by atoms with E-state index in [-0.39, 0.29) is 23.8 Å². The lowest BCUT2D eigenvalue weighted by molar-refractivity contribution is -0.135. The number of hydrogen-bond donors (Lipinski definition) is 1. The summed E-state index contributed by atoms with van der Waals surface area (Å²) >= 11 is 0. The number of amides is 2. The normalized spacial score (nSPS) is 21.4. The number of rotatable bonds is 8. The van der Waals surface area contributed by atoms with E-state index in [2.05, 4.69) is 19.2 Å². The molecule has 1 N–H and O–H groups in total. The van der Waals surface area contributed by atoms with Gasteiger partial charge in [0.1, 0.15) is 6.04 Å². The molecular weight excluding hydrogens is 268 g/mol. The summed E-state index contributed by atoms with van der Waals surface area (Å²) in [5.74, 6) is 0.782. The van der Waals surface area contributed by atoms with E-state index < -0.39 is 0 Å². The van der Waals surface area contributed by atoms with Crippen LogP contribution in [0.1, 0.15) is 47.0 Å². The number of ether oxygens (including phenoxy) is 1. The van der Waals surface area contributed by atoms with Gasteiger partial charge in [-0.2, -0.15) is 0 Å². The molecule has 5 heteroatoms. The molecule has 122 valence electrons. The van der Waals surface area contributed by atoms with Gasteiger partial charge in [0.2, 0.25) is 11.8 Å². The lowest BCUT2D eigenvalue weighted by atomic mass is 9.98. The van der Waals surface area contributed by atoms with E-state index in [1.54, 1.807) is 4.90 Å². The first kappa shape index (κ1) is 18.0. The molecule has 5 nitrogen and oxygen atoms in total. The predicted octanol–water partition coefficient (Wildman–Crippen LogP) is 1.81. The van der Waals surface area contributed by atoms with Crippen LogP contribution < -0.4 is 5.32 Å². The van der Waals surface area contributed by atoms with Gasteiger partial charge in [0.05, 0.1) is 6.61 Å². The summed E-state index contributed by atoms with van der Waals surface area (Å²) in [5, 5.41) is 2.85. The van der Waals surface area contributed by atoms with Crippen molar-refractivity contribution in [1.82, 2.24) is 10.2 Å². The summed E-state index contributed by atoms with van der Waals surface area (Å²) in [6.07, 6.45) is 2.28. The first-order valence-electron chi connectivity index (χ1n) is 8.11. The molecule has 1 rings (SSSR count). The Kier molecular flexibility index (Phi) is 7.72.